The molecule has 0 radical (unpaired) electrons. The predicted molar refractivity (Wildman–Crippen MR) is 72.5 cm³/mol. The molecule has 1 N–H and O–H groups in total. The van der Waals surface area contributed by atoms with Crippen LogP contribution >= 0.6 is 0 Å². The lowest BCUT2D eigenvalue weighted by molar-refractivity contribution is 0.413. The summed E-state index contributed by atoms with van der Waals surface area (Å²) in [6, 6.07) is 12.5. The highest BCUT2D eigenvalue weighted by atomic mass is 16.5. The Kier molecular flexibility index (Phi) is 4.31. The molecule has 2 aromatic rings. The molecule has 0 saturated heterocycles. The number of benzene rings is 1. The Morgan fingerprint density at radius 2 is 2.00 bits per heavy atom. The number of nitrogens with one attached hydrogen (secondary N) is 1. The topological polar surface area (TPSA) is 34.1 Å². The molecule has 1 aromatic heterocycles. The standard InChI is InChI=1S/C15H18N2O/c1-12(14-4-3-5-15(10-14)18-2)17-11-13-6-8-16-9-7-13/h3-10,12,17H,11H2,1-2H3/t12-/m1/s1. The summed E-state index contributed by atoms with van der Waals surface area (Å²) in [6.45, 7) is 2.98. The molecule has 3 heteroatoms. The highest BCUT2D eigenvalue weighted by Gasteiger charge is 2.05. The molecule has 0 spiro atoms. The summed E-state index contributed by atoms with van der Waals surface area (Å²) < 4.78 is 5.23. The first-order valence-corrected chi connectivity index (χ1v) is 6.06. The van der Waals surface area contributed by atoms with E-state index in [1.54, 1.807) is 7.11 Å². The molecule has 0 saturated carbocycles. The van der Waals surface area contributed by atoms with Crippen molar-refractivity contribution in [1.29, 1.82) is 0 Å². The molecule has 0 unspecified atom stereocenters. The van der Waals surface area contributed by atoms with E-state index in [4.69, 9.17) is 4.74 Å². The van der Waals surface area contributed by atoms with Crippen LogP contribution in [0.5, 0.6) is 5.75 Å². The van der Waals surface area contributed by atoms with Crippen LogP contribution in [0.1, 0.15) is 24.1 Å². The van der Waals surface area contributed by atoms with Crippen molar-refractivity contribution in [3.8, 4) is 5.75 Å². The summed E-state index contributed by atoms with van der Waals surface area (Å²) in [5.74, 6) is 0.894. The van der Waals surface area contributed by atoms with Crippen molar-refractivity contribution < 1.29 is 4.74 Å². The molecule has 18 heavy (non-hydrogen) atoms. The normalized spacial score (nSPS) is 12.1. The Bertz CT molecular complexity index is 485. The lowest BCUT2D eigenvalue weighted by Crippen LogP contribution is -2.18. The summed E-state index contributed by atoms with van der Waals surface area (Å²) in [6.07, 6.45) is 3.63. The van der Waals surface area contributed by atoms with Gasteiger partial charge in [0.2, 0.25) is 0 Å². The molecule has 0 aliphatic rings. The van der Waals surface area contributed by atoms with Gasteiger partial charge in [0, 0.05) is 25.0 Å². The molecule has 1 atom stereocenters. The fourth-order valence-electron chi connectivity index (χ4n) is 1.80. The Labute approximate surface area is 108 Å². The number of hydrogen-bond donors (Lipinski definition) is 1. The maximum atomic E-state index is 5.23. The third-order valence-corrected chi connectivity index (χ3v) is 2.96. The molecule has 1 heterocycles. The van der Waals surface area contributed by atoms with E-state index < -0.39 is 0 Å². The maximum absolute atomic E-state index is 5.23. The van der Waals surface area contributed by atoms with Crippen LogP contribution in [0.3, 0.4) is 0 Å². The number of methoxy groups -OCH3 is 1. The number of ether oxygens (including phenoxy) is 1. The monoisotopic (exact) mass is 242 g/mol. The van der Waals surface area contributed by atoms with Gasteiger partial charge in [0.1, 0.15) is 5.75 Å². The van der Waals surface area contributed by atoms with Crippen LogP contribution in [-0.4, -0.2) is 12.1 Å². The van der Waals surface area contributed by atoms with Crippen LogP contribution < -0.4 is 10.1 Å². The summed E-state index contributed by atoms with van der Waals surface area (Å²) in [7, 11) is 1.69. The summed E-state index contributed by atoms with van der Waals surface area (Å²) >= 11 is 0. The Morgan fingerprint density at radius 3 is 2.72 bits per heavy atom. The zero-order chi connectivity index (χ0) is 12.8. The molecule has 0 aliphatic heterocycles. The van der Waals surface area contributed by atoms with Crippen molar-refractivity contribution >= 4 is 0 Å². The van der Waals surface area contributed by atoms with Crippen LogP contribution in [0, 0.1) is 0 Å². The largest absolute Gasteiger partial charge is 0.497 e. The van der Waals surface area contributed by atoms with E-state index >= 15 is 0 Å². The second-order valence-corrected chi connectivity index (χ2v) is 4.23. The third kappa shape index (κ3) is 3.31. The Morgan fingerprint density at radius 1 is 1.22 bits per heavy atom. The van der Waals surface area contributed by atoms with E-state index in [9.17, 15) is 0 Å². The molecule has 94 valence electrons. The van der Waals surface area contributed by atoms with Crippen molar-refractivity contribution in [2.24, 2.45) is 0 Å². The Hall–Kier alpha value is -1.87. The van der Waals surface area contributed by atoms with E-state index in [-0.39, 0.29) is 6.04 Å². The van der Waals surface area contributed by atoms with E-state index in [0.717, 1.165) is 12.3 Å². The van der Waals surface area contributed by atoms with Gasteiger partial charge in [-0.2, -0.15) is 0 Å². The first-order valence-electron chi connectivity index (χ1n) is 6.06. The van der Waals surface area contributed by atoms with Crippen molar-refractivity contribution in [3.05, 3.63) is 59.9 Å². The SMILES string of the molecule is COc1cccc([C@@H](C)NCc2ccncc2)c1. The number of rotatable bonds is 5. The van der Waals surface area contributed by atoms with Gasteiger partial charge in [-0.1, -0.05) is 12.1 Å². The van der Waals surface area contributed by atoms with Crippen LogP contribution in [0.25, 0.3) is 0 Å². The van der Waals surface area contributed by atoms with Crippen LogP contribution in [0.2, 0.25) is 0 Å². The number of nitrogens with zero attached hydrogens (tertiary/aromatic N) is 1. The highest BCUT2D eigenvalue weighted by Crippen LogP contribution is 2.18. The molecular formula is C15H18N2O. The first kappa shape index (κ1) is 12.6. The van der Waals surface area contributed by atoms with Crippen molar-refractivity contribution in [3.63, 3.8) is 0 Å². The van der Waals surface area contributed by atoms with E-state index in [2.05, 4.69) is 29.4 Å². The summed E-state index contributed by atoms with van der Waals surface area (Å²) in [4.78, 5) is 4.01. The lowest BCUT2D eigenvalue weighted by Gasteiger charge is -2.15. The number of aromatic nitrogens is 1. The maximum Gasteiger partial charge on any atom is 0.119 e. The average molecular weight is 242 g/mol. The van der Waals surface area contributed by atoms with Gasteiger partial charge >= 0.3 is 0 Å². The predicted octanol–water partition coefficient (Wildman–Crippen LogP) is 2.94. The van der Waals surface area contributed by atoms with Crippen LogP contribution in [0.15, 0.2) is 48.8 Å². The van der Waals surface area contributed by atoms with Gasteiger partial charge in [0.15, 0.2) is 0 Å². The number of hydrogen-bond acceptors (Lipinski definition) is 3. The van der Waals surface area contributed by atoms with Gasteiger partial charge in [0.05, 0.1) is 7.11 Å². The van der Waals surface area contributed by atoms with Crippen LogP contribution in [-0.2, 0) is 6.54 Å². The molecule has 0 aliphatic carbocycles. The van der Waals surface area contributed by atoms with Gasteiger partial charge < -0.3 is 10.1 Å². The molecule has 0 amide bonds. The number of pyridine rings is 1. The molecular weight excluding hydrogens is 224 g/mol. The minimum Gasteiger partial charge on any atom is -0.497 e. The van der Waals surface area contributed by atoms with Gasteiger partial charge in [-0.3, -0.25) is 4.98 Å². The molecule has 0 fully saturated rings. The van der Waals surface area contributed by atoms with Crippen molar-refractivity contribution in [1.82, 2.24) is 10.3 Å². The van der Waals surface area contributed by atoms with E-state index in [1.165, 1.54) is 11.1 Å². The Balaban J connectivity index is 1.97. The van der Waals surface area contributed by atoms with Crippen molar-refractivity contribution in [2.75, 3.05) is 7.11 Å². The molecule has 2 rings (SSSR count). The molecule has 1 aromatic carbocycles. The fraction of sp³-hybridized carbons (Fsp3) is 0.267. The first-order chi connectivity index (χ1) is 8.79. The second-order valence-electron chi connectivity index (χ2n) is 4.23. The zero-order valence-electron chi connectivity index (χ0n) is 10.8. The van der Waals surface area contributed by atoms with Crippen LogP contribution in [0.4, 0.5) is 0 Å². The van der Waals surface area contributed by atoms with E-state index in [1.807, 2.05) is 36.7 Å². The molecule has 3 nitrogen and oxygen atoms in total. The van der Waals surface area contributed by atoms with Gasteiger partial charge in [0.25, 0.3) is 0 Å². The smallest absolute Gasteiger partial charge is 0.119 e. The van der Waals surface area contributed by atoms with Gasteiger partial charge in [-0.15, -0.1) is 0 Å². The van der Waals surface area contributed by atoms with Crippen molar-refractivity contribution in [2.45, 2.75) is 19.5 Å². The summed E-state index contributed by atoms with van der Waals surface area (Å²) in [5, 5.41) is 3.48. The highest BCUT2D eigenvalue weighted by molar-refractivity contribution is 5.30. The molecule has 0 bridgehead atoms. The minimum absolute atomic E-state index is 0.285. The van der Waals surface area contributed by atoms with Gasteiger partial charge in [-0.25, -0.2) is 0 Å². The van der Waals surface area contributed by atoms with E-state index in [0.29, 0.717) is 0 Å². The fourth-order valence-corrected chi connectivity index (χ4v) is 1.80. The van der Waals surface area contributed by atoms with Gasteiger partial charge in [-0.05, 0) is 42.3 Å². The quantitative estimate of drug-likeness (QED) is 0.875. The minimum atomic E-state index is 0.285. The lowest BCUT2D eigenvalue weighted by atomic mass is 10.1. The zero-order valence-corrected chi connectivity index (χ0v) is 10.8. The third-order valence-electron chi connectivity index (χ3n) is 2.96. The second kappa shape index (κ2) is 6.17. The summed E-state index contributed by atoms with van der Waals surface area (Å²) in [5.41, 5.74) is 2.46. The average Bonchev–Trinajstić information content (AvgIpc) is 2.46.